The van der Waals surface area contributed by atoms with Gasteiger partial charge in [0.2, 0.25) is 11.8 Å². The SMILES string of the molecule is NCC(=O)N1CCC(c2nccnc2Oc2ccccc2F)CC1. The number of carbonyl (C=O) groups is 1. The molecule has 2 heterocycles. The summed E-state index contributed by atoms with van der Waals surface area (Å²) in [5.74, 6) is 0.0522. The average Bonchev–Trinajstić information content (AvgIpc) is 2.63. The highest BCUT2D eigenvalue weighted by Crippen LogP contribution is 2.33. The molecule has 24 heavy (non-hydrogen) atoms. The fourth-order valence-corrected chi connectivity index (χ4v) is 2.86. The maximum atomic E-state index is 13.8. The van der Waals surface area contributed by atoms with Crippen molar-refractivity contribution in [2.24, 2.45) is 5.73 Å². The molecule has 1 saturated heterocycles. The topological polar surface area (TPSA) is 81.3 Å². The molecule has 1 aromatic carbocycles. The number of likely N-dealkylation sites (tertiary alicyclic amines) is 1. The predicted octanol–water partition coefficient (Wildman–Crippen LogP) is 2.07. The summed E-state index contributed by atoms with van der Waals surface area (Å²) in [6.45, 7) is 1.27. The van der Waals surface area contributed by atoms with Gasteiger partial charge >= 0.3 is 0 Å². The molecular weight excluding hydrogens is 311 g/mol. The van der Waals surface area contributed by atoms with Crippen molar-refractivity contribution in [3.63, 3.8) is 0 Å². The normalized spacial score (nSPS) is 15.3. The van der Waals surface area contributed by atoms with Gasteiger partial charge in [0.1, 0.15) is 5.69 Å². The second-order valence-corrected chi connectivity index (χ2v) is 5.64. The maximum Gasteiger partial charge on any atom is 0.241 e. The Morgan fingerprint density at radius 3 is 2.67 bits per heavy atom. The lowest BCUT2D eigenvalue weighted by atomic mass is 9.93. The second kappa shape index (κ2) is 7.35. The molecule has 0 unspecified atom stereocenters. The lowest BCUT2D eigenvalue weighted by Gasteiger charge is -2.31. The Balaban J connectivity index is 1.76. The van der Waals surface area contributed by atoms with Crippen LogP contribution in [0.25, 0.3) is 0 Å². The Morgan fingerprint density at radius 2 is 1.96 bits per heavy atom. The van der Waals surface area contributed by atoms with E-state index in [-0.39, 0.29) is 24.1 Å². The lowest BCUT2D eigenvalue weighted by Crippen LogP contribution is -2.41. The Bertz CT molecular complexity index is 717. The van der Waals surface area contributed by atoms with Crippen molar-refractivity contribution in [1.82, 2.24) is 14.9 Å². The molecule has 1 aliphatic rings. The number of carbonyl (C=O) groups excluding carboxylic acids is 1. The fourth-order valence-electron chi connectivity index (χ4n) is 2.86. The highest BCUT2D eigenvalue weighted by molar-refractivity contribution is 5.78. The molecule has 1 amide bonds. The van der Waals surface area contributed by atoms with Crippen LogP contribution in [0.3, 0.4) is 0 Å². The van der Waals surface area contributed by atoms with Crippen molar-refractivity contribution in [3.05, 3.63) is 48.2 Å². The molecular formula is C17H19FN4O2. The molecule has 126 valence electrons. The summed E-state index contributed by atoms with van der Waals surface area (Å²) in [4.78, 5) is 22.0. The number of amides is 1. The molecule has 3 rings (SSSR count). The third kappa shape index (κ3) is 3.51. The van der Waals surface area contributed by atoms with Gasteiger partial charge in [0.25, 0.3) is 0 Å². The van der Waals surface area contributed by atoms with E-state index in [0.717, 1.165) is 12.8 Å². The number of nitrogens with zero attached hydrogens (tertiary/aromatic N) is 3. The van der Waals surface area contributed by atoms with Gasteiger partial charge in [-0.25, -0.2) is 9.37 Å². The zero-order chi connectivity index (χ0) is 16.9. The van der Waals surface area contributed by atoms with Gasteiger partial charge < -0.3 is 15.4 Å². The van der Waals surface area contributed by atoms with Crippen molar-refractivity contribution >= 4 is 5.91 Å². The first-order valence-corrected chi connectivity index (χ1v) is 7.90. The van der Waals surface area contributed by atoms with Gasteiger partial charge in [0.05, 0.1) is 6.54 Å². The number of piperidine rings is 1. The minimum Gasteiger partial charge on any atom is -0.434 e. The number of rotatable bonds is 4. The molecule has 0 saturated carbocycles. The quantitative estimate of drug-likeness (QED) is 0.928. The van der Waals surface area contributed by atoms with Gasteiger partial charge in [-0.2, -0.15) is 0 Å². The summed E-state index contributed by atoms with van der Waals surface area (Å²) in [6, 6.07) is 6.19. The molecule has 0 bridgehead atoms. The lowest BCUT2D eigenvalue weighted by molar-refractivity contribution is -0.130. The Morgan fingerprint density at radius 1 is 1.25 bits per heavy atom. The number of hydrogen-bond acceptors (Lipinski definition) is 5. The number of benzene rings is 1. The minimum atomic E-state index is -0.447. The first kappa shape index (κ1) is 16.3. The fraction of sp³-hybridized carbons (Fsp3) is 0.353. The molecule has 7 heteroatoms. The highest BCUT2D eigenvalue weighted by atomic mass is 19.1. The summed E-state index contributed by atoms with van der Waals surface area (Å²) in [6.07, 6.45) is 4.61. The zero-order valence-corrected chi connectivity index (χ0v) is 13.2. The zero-order valence-electron chi connectivity index (χ0n) is 13.2. The molecule has 2 N–H and O–H groups in total. The first-order valence-electron chi connectivity index (χ1n) is 7.90. The smallest absolute Gasteiger partial charge is 0.241 e. The number of hydrogen-bond donors (Lipinski definition) is 1. The van der Waals surface area contributed by atoms with E-state index in [1.54, 1.807) is 29.3 Å². The number of aromatic nitrogens is 2. The summed E-state index contributed by atoms with van der Waals surface area (Å²) in [5.41, 5.74) is 6.10. The van der Waals surface area contributed by atoms with E-state index in [0.29, 0.717) is 24.7 Å². The summed E-state index contributed by atoms with van der Waals surface area (Å²) in [7, 11) is 0. The van der Waals surface area contributed by atoms with Crippen molar-refractivity contribution in [2.75, 3.05) is 19.6 Å². The Hall–Kier alpha value is -2.54. The van der Waals surface area contributed by atoms with Crippen LogP contribution in [0.4, 0.5) is 4.39 Å². The molecule has 0 radical (unpaired) electrons. The van der Waals surface area contributed by atoms with Crippen LogP contribution in [0.2, 0.25) is 0 Å². The standard InChI is InChI=1S/C17H19FN4O2/c18-13-3-1-2-4-14(13)24-17-16(20-7-8-21-17)12-5-9-22(10-6-12)15(23)11-19/h1-4,7-8,12H,5-6,9-11,19H2. The van der Waals surface area contributed by atoms with Crippen LogP contribution in [0.1, 0.15) is 24.5 Å². The predicted molar refractivity (Wildman–Crippen MR) is 86.1 cm³/mol. The van der Waals surface area contributed by atoms with Crippen molar-refractivity contribution in [1.29, 1.82) is 0 Å². The van der Waals surface area contributed by atoms with Crippen LogP contribution < -0.4 is 10.5 Å². The average molecular weight is 330 g/mol. The number of halogens is 1. The third-order valence-electron chi connectivity index (χ3n) is 4.14. The van der Waals surface area contributed by atoms with E-state index in [2.05, 4.69) is 9.97 Å². The molecule has 1 aliphatic heterocycles. The van der Waals surface area contributed by atoms with Crippen LogP contribution in [0.15, 0.2) is 36.7 Å². The van der Waals surface area contributed by atoms with Crippen molar-refractivity contribution in [2.45, 2.75) is 18.8 Å². The van der Waals surface area contributed by atoms with Crippen molar-refractivity contribution < 1.29 is 13.9 Å². The van der Waals surface area contributed by atoms with Crippen LogP contribution in [-0.4, -0.2) is 40.4 Å². The number of ether oxygens (including phenoxy) is 1. The Labute approximate surface area is 139 Å². The molecule has 2 aromatic rings. The molecule has 6 nitrogen and oxygen atoms in total. The Kier molecular flexibility index (Phi) is 5.00. The van der Waals surface area contributed by atoms with Gasteiger partial charge in [-0.1, -0.05) is 12.1 Å². The number of nitrogens with two attached hydrogens (primary N) is 1. The first-order chi connectivity index (χ1) is 11.7. The van der Waals surface area contributed by atoms with E-state index < -0.39 is 5.82 Å². The summed E-state index contributed by atoms with van der Waals surface area (Å²) in [5, 5.41) is 0. The molecule has 1 fully saturated rings. The minimum absolute atomic E-state index is 0.0253. The van der Waals surface area contributed by atoms with Gasteiger partial charge in [-0.3, -0.25) is 9.78 Å². The second-order valence-electron chi connectivity index (χ2n) is 5.64. The highest BCUT2D eigenvalue weighted by Gasteiger charge is 2.27. The van der Waals surface area contributed by atoms with Crippen molar-refractivity contribution in [3.8, 4) is 11.6 Å². The van der Waals surface area contributed by atoms with E-state index >= 15 is 0 Å². The molecule has 1 aromatic heterocycles. The van der Waals surface area contributed by atoms with Gasteiger partial charge in [0.15, 0.2) is 11.6 Å². The summed E-state index contributed by atoms with van der Waals surface area (Å²) < 4.78 is 19.4. The largest absolute Gasteiger partial charge is 0.434 e. The van der Waals surface area contributed by atoms with Crippen LogP contribution in [0, 0.1) is 5.82 Å². The van der Waals surface area contributed by atoms with Crippen LogP contribution in [-0.2, 0) is 4.79 Å². The van der Waals surface area contributed by atoms with Gasteiger partial charge in [-0.15, -0.1) is 0 Å². The monoisotopic (exact) mass is 330 g/mol. The van der Waals surface area contributed by atoms with E-state index in [9.17, 15) is 9.18 Å². The maximum absolute atomic E-state index is 13.8. The summed E-state index contributed by atoms with van der Waals surface area (Å²) >= 11 is 0. The third-order valence-corrected chi connectivity index (χ3v) is 4.14. The van der Waals surface area contributed by atoms with Gasteiger partial charge in [0, 0.05) is 31.4 Å². The van der Waals surface area contributed by atoms with Crippen LogP contribution in [0.5, 0.6) is 11.6 Å². The van der Waals surface area contributed by atoms with Gasteiger partial charge in [-0.05, 0) is 25.0 Å². The molecule has 0 atom stereocenters. The van der Waals surface area contributed by atoms with E-state index in [1.165, 1.54) is 12.3 Å². The van der Waals surface area contributed by atoms with E-state index in [1.807, 2.05) is 0 Å². The molecule has 0 spiro atoms. The van der Waals surface area contributed by atoms with Crippen LogP contribution >= 0.6 is 0 Å². The molecule has 0 aliphatic carbocycles. The van der Waals surface area contributed by atoms with E-state index in [4.69, 9.17) is 10.5 Å². The number of para-hydroxylation sites is 1.